The summed E-state index contributed by atoms with van der Waals surface area (Å²) in [6.45, 7) is 9.10. The minimum atomic E-state index is -0.541. The number of allylic oxidation sites excluding steroid dienone is 1. The van der Waals surface area contributed by atoms with Gasteiger partial charge in [0.2, 0.25) is 0 Å². The number of hydrogen-bond acceptors (Lipinski definition) is 6. The van der Waals surface area contributed by atoms with Crippen LogP contribution in [-0.2, 0) is 18.2 Å². The van der Waals surface area contributed by atoms with E-state index in [1.807, 2.05) is 25.1 Å². The Hall–Kier alpha value is -3.56. The van der Waals surface area contributed by atoms with Crippen LogP contribution < -0.4 is 10.5 Å². The first-order valence-corrected chi connectivity index (χ1v) is 12.0. The quantitative estimate of drug-likeness (QED) is 0.374. The van der Waals surface area contributed by atoms with Crippen LogP contribution in [-0.4, -0.2) is 43.8 Å². The number of fused-ring (bicyclic) bond motifs is 1. The van der Waals surface area contributed by atoms with Crippen molar-refractivity contribution in [1.29, 1.82) is 0 Å². The van der Waals surface area contributed by atoms with Crippen LogP contribution >= 0.6 is 11.6 Å². The molecule has 4 heterocycles. The van der Waals surface area contributed by atoms with Crippen LogP contribution in [0.4, 0.5) is 10.2 Å². The van der Waals surface area contributed by atoms with E-state index >= 15 is 4.39 Å². The molecule has 1 atom stereocenters. The topological polar surface area (TPSA) is 77.6 Å². The second kappa shape index (κ2) is 9.48. The van der Waals surface area contributed by atoms with Crippen LogP contribution in [0.25, 0.3) is 16.9 Å². The molecule has 10 heteroatoms. The van der Waals surface area contributed by atoms with E-state index in [4.69, 9.17) is 26.3 Å². The predicted molar refractivity (Wildman–Crippen MR) is 137 cm³/mol. The summed E-state index contributed by atoms with van der Waals surface area (Å²) in [6.07, 6.45) is 5.59. The molecule has 4 aromatic rings. The number of rotatable bonds is 5. The highest BCUT2D eigenvalue weighted by molar-refractivity contribution is 6.30. The molecule has 3 aromatic heterocycles. The van der Waals surface area contributed by atoms with Gasteiger partial charge in [-0.1, -0.05) is 23.8 Å². The molecule has 36 heavy (non-hydrogen) atoms. The molecule has 5 rings (SSSR count). The van der Waals surface area contributed by atoms with Crippen LogP contribution in [0, 0.1) is 12.7 Å². The lowest BCUT2D eigenvalue weighted by Gasteiger charge is -2.33. The maximum atomic E-state index is 15.1. The van der Waals surface area contributed by atoms with Gasteiger partial charge in [0.25, 0.3) is 5.56 Å². The number of morpholine rings is 1. The maximum Gasteiger partial charge on any atom is 0.261 e. The number of anilines is 1. The Labute approximate surface area is 212 Å². The van der Waals surface area contributed by atoms with E-state index in [0.717, 1.165) is 11.1 Å². The van der Waals surface area contributed by atoms with E-state index in [0.29, 0.717) is 43.2 Å². The van der Waals surface area contributed by atoms with Crippen molar-refractivity contribution < 1.29 is 9.13 Å². The van der Waals surface area contributed by atoms with Crippen LogP contribution in [0.3, 0.4) is 0 Å². The van der Waals surface area contributed by atoms with Crippen LogP contribution in [0.1, 0.15) is 29.8 Å². The SMILES string of the molecule is C=C(C)Cc1nc2c(-c3ccc(Cl)cc3F)nc(N3CCO[C@@H](c4cnn(C)c4)C3)cn2c(=O)c1C. The summed E-state index contributed by atoms with van der Waals surface area (Å²) in [4.78, 5) is 25.1. The summed E-state index contributed by atoms with van der Waals surface area (Å²) >= 11 is 6.01. The summed E-state index contributed by atoms with van der Waals surface area (Å²) in [5.41, 5.74) is 3.47. The molecule has 0 unspecified atom stereocenters. The first-order valence-electron chi connectivity index (χ1n) is 11.6. The van der Waals surface area contributed by atoms with E-state index in [9.17, 15) is 4.79 Å². The number of aryl methyl sites for hydroxylation is 1. The van der Waals surface area contributed by atoms with E-state index in [-0.39, 0.29) is 33.6 Å². The van der Waals surface area contributed by atoms with E-state index in [1.54, 1.807) is 36.1 Å². The Balaban J connectivity index is 1.69. The first kappa shape index (κ1) is 24.1. The van der Waals surface area contributed by atoms with Gasteiger partial charge < -0.3 is 9.64 Å². The minimum Gasteiger partial charge on any atom is -0.370 e. The Kier molecular flexibility index (Phi) is 6.36. The standard InChI is InChI=1S/C26H26ClFN6O2/c1-15(2)9-21-16(3)26(35)34-14-23(33-7-8-36-22(13-33)17-11-29-32(4)12-17)31-24(25(34)30-21)19-6-5-18(27)10-20(19)28/h5-6,10-12,14,22H,1,7-9,13H2,2-4H3/t22-/m1/s1. The molecule has 1 aliphatic heterocycles. The maximum absolute atomic E-state index is 15.1. The van der Waals surface area contributed by atoms with Gasteiger partial charge in [0.15, 0.2) is 5.65 Å². The van der Waals surface area contributed by atoms with Crippen molar-refractivity contribution in [3.63, 3.8) is 0 Å². The zero-order valence-corrected chi connectivity index (χ0v) is 21.1. The third kappa shape index (κ3) is 4.52. The van der Waals surface area contributed by atoms with Gasteiger partial charge in [0, 0.05) is 47.9 Å². The van der Waals surface area contributed by atoms with Crippen molar-refractivity contribution in [2.24, 2.45) is 7.05 Å². The Bertz CT molecular complexity index is 1550. The molecule has 1 saturated heterocycles. The van der Waals surface area contributed by atoms with Crippen molar-refractivity contribution in [3.05, 3.63) is 87.0 Å². The predicted octanol–water partition coefficient (Wildman–Crippen LogP) is 4.29. The van der Waals surface area contributed by atoms with Crippen molar-refractivity contribution in [1.82, 2.24) is 24.1 Å². The molecule has 0 radical (unpaired) electrons. The molecular formula is C26H26ClFN6O2. The summed E-state index contributed by atoms with van der Waals surface area (Å²) in [7, 11) is 1.85. The van der Waals surface area contributed by atoms with Crippen LogP contribution in [0.2, 0.25) is 5.02 Å². The summed E-state index contributed by atoms with van der Waals surface area (Å²) < 4.78 is 24.3. The van der Waals surface area contributed by atoms with Gasteiger partial charge in [-0.15, -0.1) is 0 Å². The zero-order chi connectivity index (χ0) is 25.6. The highest BCUT2D eigenvalue weighted by atomic mass is 35.5. The zero-order valence-electron chi connectivity index (χ0n) is 20.3. The lowest BCUT2D eigenvalue weighted by molar-refractivity contribution is 0.0394. The smallest absolute Gasteiger partial charge is 0.261 e. The summed E-state index contributed by atoms with van der Waals surface area (Å²) in [6, 6.07) is 4.39. The normalized spacial score (nSPS) is 16.0. The molecule has 0 aliphatic carbocycles. The lowest BCUT2D eigenvalue weighted by Crippen LogP contribution is -2.39. The molecule has 1 fully saturated rings. The number of halogens is 2. The monoisotopic (exact) mass is 508 g/mol. The average molecular weight is 509 g/mol. The molecule has 0 saturated carbocycles. The van der Waals surface area contributed by atoms with E-state index in [2.05, 4.69) is 11.7 Å². The van der Waals surface area contributed by atoms with Gasteiger partial charge >= 0.3 is 0 Å². The fourth-order valence-corrected chi connectivity index (χ4v) is 4.56. The molecule has 186 valence electrons. The van der Waals surface area contributed by atoms with Crippen molar-refractivity contribution in [2.45, 2.75) is 26.4 Å². The van der Waals surface area contributed by atoms with Gasteiger partial charge in [0.05, 0.1) is 31.2 Å². The Morgan fingerprint density at radius 2 is 2.11 bits per heavy atom. The van der Waals surface area contributed by atoms with Crippen molar-refractivity contribution in [2.75, 3.05) is 24.6 Å². The average Bonchev–Trinajstić information content (AvgIpc) is 3.28. The summed E-state index contributed by atoms with van der Waals surface area (Å²) in [5.74, 6) is -0.0134. The number of ether oxygens (including phenoxy) is 1. The van der Waals surface area contributed by atoms with E-state index in [1.165, 1.54) is 10.5 Å². The second-order valence-corrected chi connectivity index (χ2v) is 9.58. The van der Waals surface area contributed by atoms with Crippen LogP contribution in [0.5, 0.6) is 0 Å². The second-order valence-electron chi connectivity index (χ2n) is 9.14. The third-order valence-electron chi connectivity index (χ3n) is 6.27. The minimum absolute atomic E-state index is 0.213. The molecule has 1 aliphatic rings. The van der Waals surface area contributed by atoms with Gasteiger partial charge in [-0.3, -0.25) is 13.9 Å². The largest absolute Gasteiger partial charge is 0.370 e. The number of hydrogen-bond donors (Lipinski definition) is 0. The van der Waals surface area contributed by atoms with E-state index < -0.39 is 5.82 Å². The molecule has 0 amide bonds. The molecule has 1 aromatic carbocycles. The number of aromatic nitrogens is 5. The Morgan fingerprint density at radius 3 is 2.81 bits per heavy atom. The lowest BCUT2D eigenvalue weighted by atomic mass is 10.1. The molecule has 8 nitrogen and oxygen atoms in total. The highest BCUT2D eigenvalue weighted by Crippen LogP contribution is 2.31. The molecule has 0 bridgehead atoms. The van der Waals surface area contributed by atoms with Crippen LogP contribution in [0.15, 0.2) is 53.7 Å². The fourth-order valence-electron chi connectivity index (χ4n) is 4.40. The van der Waals surface area contributed by atoms with Crippen molar-refractivity contribution >= 4 is 23.1 Å². The van der Waals surface area contributed by atoms with Crippen molar-refractivity contribution in [3.8, 4) is 11.3 Å². The van der Waals surface area contributed by atoms with Gasteiger partial charge in [0.1, 0.15) is 23.4 Å². The number of benzene rings is 1. The summed E-state index contributed by atoms with van der Waals surface area (Å²) in [5, 5.41) is 4.51. The molecular weight excluding hydrogens is 483 g/mol. The third-order valence-corrected chi connectivity index (χ3v) is 6.50. The van der Waals surface area contributed by atoms with Gasteiger partial charge in [-0.05, 0) is 32.0 Å². The molecule has 0 N–H and O–H groups in total. The number of nitrogens with zero attached hydrogens (tertiary/aromatic N) is 6. The fraction of sp³-hybridized carbons (Fsp3) is 0.308. The highest BCUT2D eigenvalue weighted by Gasteiger charge is 2.26. The first-order chi connectivity index (χ1) is 17.2. The van der Waals surface area contributed by atoms with Gasteiger partial charge in [-0.2, -0.15) is 5.10 Å². The molecule has 0 spiro atoms. The van der Waals surface area contributed by atoms with Gasteiger partial charge in [-0.25, -0.2) is 14.4 Å². The Morgan fingerprint density at radius 1 is 1.31 bits per heavy atom.